The molecule has 4 heteroatoms. The van der Waals surface area contributed by atoms with Crippen LogP contribution in [0.5, 0.6) is 0 Å². The van der Waals surface area contributed by atoms with Gasteiger partial charge >= 0.3 is 0 Å². The van der Waals surface area contributed by atoms with Crippen LogP contribution in [0, 0.1) is 6.92 Å². The number of nitrogens with zero attached hydrogens (tertiary/aromatic N) is 1. The monoisotopic (exact) mass is 296 g/mol. The van der Waals surface area contributed by atoms with Gasteiger partial charge in [0.15, 0.2) is 0 Å². The quantitative estimate of drug-likeness (QED) is 0.907. The summed E-state index contributed by atoms with van der Waals surface area (Å²) in [5, 5.41) is 3.09. The van der Waals surface area contributed by atoms with Crippen molar-refractivity contribution >= 4 is 21.8 Å². The van der Waals surface area contributed by atoms with Crippen LogP contribution in [0.4, 0.5) is 0 Å². The standard InChI is InChI=1S/C13H17BrN2O/c1-9-3-4-10(14)7-12(9)13(17)15-11-5-6-16(2)8-11/h3-4,7,11H,5-6,8H2,1-2H3,(H,15,17). The van der Waals surface area contributed by atoms with Gasteiger partial charge in [-0.3, -0.25) is 4.79 Å². The molecule has 0 aromatic heterocycles. The Morgan fingerprint density at radius 2 is 2.29 bits per heavy atom. The number of carbonyl (C=O) groups excluding carboxylic acids is 1. The predicted molar refractivity (Wildman–Crippen MR) is 72.2 cm³/mol. The summed E-state index contributed by atoms with van der Waals surface area (Å²) < 4.78 is 0.941. The van der Waals surface area contributed by atoms with Gasteiger partial charge in [0.1, 0.15) is 0 Å². The zero-order valence-electron chi connectivity index (χ0n) is 10.2. The third kappa shape index (κ3) is 3.07. The summed E-state index contributed by atoms with van der Waals surface area (Å²) in [5.74, 6) is 0.0316. The summed E-state index contributed by atoms with van der Waals surface area (Å²) in [6, 6.07) is 6.07. The lowest BCUT2D eigenvalue weighted by Crippen LogP contribution is -2.36. The van der Waals surface area contributed by atoms with Gasteiger partial charge in [-0.2, -0.15) is 0 Å². The molecule has 0 spiro atoms. The van der Waals surface area contributed by atoms with Crippen LogP contribution < -0.4 is 5.32 Å². The Morgan fingerprint density at radius 1 is 1.53 bits per heavy atom. The number of rotatable bonds is 2. The SMILES string of the molecule is Cc1ccc(Br)cc1C(=O)NC1CCN(C)C1. The van der Waals surface area contributed by atoms with E-state index in [0.717, 1.165) is 35.1 Å². The van der Waals surface area contributed by atoms with Crippen LogP contribution in [0.15, 0.2) is 22.7 Å². The Bertz CT molecular complexity index is 433. The lowest BCUT2D eigenvalue weighted by molar-refractivity contribution is 0.0937. The third-order valence-corrected chi connectivity index (χ3v) is 3.66. The first kappa shape index (κ1) is 12.6. The van der Waals surface area contributed by atoms with Crippen LogP contribution in [0.1, 0.15) is 22.3 Å². The maximum absolute atomic E-state index is 12.1. The summed E-state index contributed by atoms with van der Waals surface area (Å²) in [6.07, 6.45) is 1.04. The van der Waals surface area contributed by atoms with Gasteiger partial charge in [0.05, 0.1) is 0 Å². The second kappa shape index (κ2) is 5.19. The average molecular weight is 297 g/mol. The van der Waals surface area contributed by atoms with Crippen LogP contribution in [0.2, 0.25) is 0 Å². The maximum atomic E-state index is 12.1. The summed E-state index contributed by atoms with van der Waals surface area (Å²) in [5.41, 5.74) is 1.77. The third-order valence-electron chi connectivity index (χ3n) is 3.17. The Hall–Kier alpha value is -0.870. The molecular weight excluding hydrogens is 280 g/mol. The molecule has 92 valence electrons. The van der Waals surface area contributed by atoms with Crippen molar-refractivity contribution in [2.75, 3.05) is 20.1 Å². The highest BCUT2D eigenvalue weighted by Gasteiger charge is 2.22. The molecule has 0 aliphatic carbocycles. The van der Waals surface area contributed by atoms with Gasteiger partial charge in [-0.15, -0.1) is 0 Å². The van der Waals surface area contributed by atoms with Crippen LogP contribution in [-0.2, 0) is 0 Å². The molecule has 0 radical (unpaired) electrons. The summed E-state index contributed by atoms with van der Waals surface area (Å²) >= 11 is 3.40. The van der Waals surface area contributed by atoms with Gasteiger partial charge < -0.3 is 10.2 Å². The van der Waals surface area contributed by atoms with Crippen LogP contribution in [0.3, 0.4) is 0 Å². The molecule has 1 aromatic carbocycles. The topological polar surface area (TPSA) is 32.3 Å². The van der Waals surface area contributed by atoms with Crippen molar-refractivity contribution in [2.24, 2.45) is 0 Å². The zero-order chi connectivity index (χ0) is 12.4. The lowest BCUT2D eigenvalue weighted by atomic mass is 10.1. The zero-order valence-corrected chi connectivity index (χ0v) is 11.8. The molecule has 1 N–H and O–H groups in total. The number of aryl methyl sites for hydroxylation is 1. The number of hydrogen-bond donors (Lipinski definition) is 1. The minimum atomic E-state index is 0.0316. The number of nitrogens with one attached hydrogen (secondary N) is 1. The first-order chi connectivity index (χ1) is 8.06. The van der Waals surface area contributed by atoms with Crippen molar-refractivity contribution in [1.82, 2.24) is 10.2 Å². The van der Waals surface area contributed by atoms with E-state index >= 15 is 0 Å². The highest BCUT2D eigenvalue weighted by Crippen LogP contribution is 2.16. The van der Waals surface area contributed by atoms with E-state index < -0.39 is 0 Å². The van der Waals surface area contributed by atoms with E-state index in [1.54, 1.807) is 0 Å². The molecule has 1 aliphatic heterocycles. The van der Waals surface area contributed by atoms with Gasteiger partial charge in [0.25, 0.3) is 5.91 Å². The largest absolute Gasteiger partial charge is 0.348 e. The molecule has 0 bridgehead atoms. The molecule has 3 nitrogen and oxygen atoms in total. The van der Waals surface area contributed by atoms with E-state index in [2.05, 4.69) is 33.2 Å². The Morgan fingerprint density at radius 3 is 2.94 bits per heavy atom. The van der Waals surface area contributed by atoms with Crippen LogP contribution in [-0.4, -0.2) is 37.0 Å². The van der Waals surface area contributed by atoms with Crippen molar-refractivity contribution in [2.45, 2.75) is 19.4 Å². The Balaban J connectivity index is 2.06. The van der Waals surface area contributed by atoms with Crippen molar-refractivity contribution < 1.29 is 4.79 Å². The highest BCUT2D eigenvalue weighted by atomic mass is 79.9. The Kier molecular flexibility index (Phi) is 3.84. The molecule has 2 rings (SSSR count). The first-order valence-corrected chi connectivity index (χ1v) is 6.61. The number of likely N-dealkylation sites (tertiary alicyclic amines) is 1. The molecule has 1 saturated heterocycles. The summed E-state index contributed by atoms with van der Waals surface area (Å²) in [4.78, 5) is 14.4. The number of amides is 1. The normalized spacial score (nSPS) is 20.5. The smallest absolute Gasteiger partial charge is 0.251 e. The Labute approximate surface area is 110 Å². The second-order valence-corrected chi connectivity index (χ2v) is 5.60. The number of likely N-dealkylation sites (N-methyl/N-ethyl adjacent to an activating group) is 1. The molecule has 1 heterocycles. The predicted octanol–water partition coefficient (Wildman–Crippen LogP) is 2.19. The van der Waals surface area contributed by atoms with Crippen molar-refractivity contribution in [3.8, 4) is 0 Å². The fourth-order valence-corrected chi connectivity index (χ4v) is 2.52. The van der Waals surface area contributed by atoms with Gasteiger partial charge in [0, 0.05) is 22.6 Å². The van der Waals surface area contributed by atoms with Gasteiger partial charge in [-0.25, -0.2) is 0 Å². The van der Waals surface area contributed by atoms with E-state index in [4.69, 9.17) is 0 Å². The maximum Gasteiger partial charge on any atom is 0.251 e. The number of carbonyl (C=O) groups is 1. The molecule has 1 fully saturated rings. The van der Waals surface area contributed by atoms with Crippen LogP contribution >= 0.6 is 15.9 Å². The van der Waals surface area contributed by atoms with Gasteiger partial charge in [0.2, 0.25) is 0 Å². The average Bonchev–Trinajstić information content (AvgIpc) is 2.67. The molecular formula is C13H17BrN2O. The summed E-state index contributed by atoms with van der Waals surface area (Å²) in [7, 11) is 2.08. The van der Waals surface area contributed by atoms with Crippen LogP contribution in [0.25, 0.3) is 0 Å². The molecule has 1 unspecified atom stereocenters. The van der Waals surface area contributed by atoms with Gasteiger partial charge in [-0.05, 0) is 44.6 Å². The van der Waals surface area contributed by atoms with E-state index in [-0.39, 0.29) is 11.9 Å². The first-order valence-electron chi connectivity index (χ1n) is 5.82. The molecule has 1 aromatic rings. The molecule has 1 amide bonds. The minimum absolute atomic E-state index is 0.0316. The minimum Gasteiger partial charge on any atom is -0.348 e. The highest BCUT2D eigenvalue weighted by molar-refractivity contribution is 9.10. The fourth-order valence-electron chi connectivity index (χ4n) is 2.15. The van der Waals surface area contributed by atoms with Crippen molar-refractivity contribution in [3.63, 3.8) is 0 Å². The summed E-state index contributed by atoms with van der Waals surface area (Å²) in [6.45, 7) is 3.96. The van der Waals surface area contributed by atoms with E-state index in [0.29, 0.717) is 0 Å². The molecule has 17 heavy (non-hydrogen) atoms. The lowest BCUT2D eigenvalue weighted by Gasteiger charge is -2.14. The van der Waals surface area contributed by atoms with Crippen molar-refractivity contribution in [3.05, 3.63) is 33.8 Å². The fraction of sp³-hybridized carbons (Fsp3) is 0.462. The van der Waals surface area contributed by atoms with Crippen molar-refractivity contribution in [1.29, 1.82) is 0 Å². The number of hydrogen-bond acceptors (Lipinski definition) is 2. The molecule has 1 aliphatic rings. The van der Waals surface area contributed by atoms with E-state index in [1.807, 2.05) is 25.1 Å². The molecule has 1 atom stereocenters. The van der Waals surface area contributed by atoms with E-state index in [9.17, 15) is 4.79 Å². The molecule has 0 saturated carbocycles. The number of halogens is 1. The number of benzene rings is 1. The second-order valence-electron chi connectivity index (χ2n) is 4.68. The van der Waals surface area contributed by atoms with E-state index in [1.165, 1.54) is 0 Å². The van der Waals surface area contributed by atoms with Gasteiger partial charge in [-0.1, -0.05) is 22.0 Å².